The third kappa shape index (κ3) is 4.13. The summed E-state index contributed by atoms with van der Waals surface area (Å²) in [5.74, 6) is -0.246. The van der Waals surface area contributed by atoms with Crippen molar-refractivity contribution in [3.05, 3.63) is 35.9 Å². The quantitative estimate of drug-likeness (QED) is 0.724. The molecule has 0 aliphatic heterocycles. The number of carbonyl (C=O) groups is 1. The fourth-order valence-electron chi connectivity index (χ4n) is 1.48. The van der Waals surface area contributed by atoms with Gasteiger partial charge in [-0.05, 0) is 32.8 Å². The van der Waals surface area contributed by atoms with Crippen LogP contribution in [0.5, 0.6) is 0 Å². The molecule has 1 aromatic carbocycles. The molecule has 2 atom stereocenters. The molecule has 4 nitrogen and oxygen atoms in total. The van der Waals surface area contributed by atoms with E-state index in [1.807, 2.05) is 30.3 Å². The van der Waals surface area contributed by atoms with Gasteiger partial charge in [0.25, 0.3) is 0 Å². The highest BCUT2D eigenvalue weighted by atomic mass is 16.3. The summed E-state index contributed by atoms with van der Waals surface area (Å²) < 4.78 is 0. The molecule has 0 fully saturated rings. The number of aliphatic hydroxyl groups is 1. The van der Waals surface area contributed by atoms with Crippen molar-refractivity contribution in [2.45, 2.75) is 44.9 Å². The Morgan fingerprint density at radius 1 is 1.39 bits per heavy atom. The van der Waals surface area contributed by atoms with Crippen LogP contribution in [0.15, 0.2) is 30.3 Å². The van der Waals surface area contributed by atoms with Crippen LogP contribution in [-0.4, -0.2) is 28.7 Å². The second-order valence-corrected chi connectivity index (χ2v) is 5.18. The zero-order valence-corrected chi connectivity index (χ0v) is 11.2. The van der Waals surface area contributed by atoms with Crippen molar-refractivity contribution in [3.63, 3.8) is 0 Å². The van der Waals surface area contributed by atoms with Gasteiger partial charge in [-0.1, -0.05) is 30.3 Å². The summed E-state index contributed by atoms with van der Waals surface area (Å²) in [6.07, 6.45) is -0.145. The molecule has 1 aromatic rings. The Balaban J connectivity index is 2.57. The van der Waals surface area contributed by atoms with Crippen LogP contribution in [0.2, 0.25) is 0 Å². The number of carbonyl (C=O) groups excluding carboxylic acids is 1. The van der Waals surface area contributed by atoms with Crippen LogP contribution in [-0.2, 0) is 11.2 Å². The van der Waals surface area contributed by atoms with E-state index in [9.17, 15) is 9.90 Å². The molecule has 0 aliphatic carbocycles. The summed E-state index contributed by atoms with van der Waals surface area (Å²) in [4.78, 5) is 11.9. The first-order valence-corrected chi connectivity index (χ1v) is 6.12. The standard InChI is InChI=1S/C14H22N2O2/c1-10(17)14(2,3)16-13(18)12(15)9-11-7-5-4-6-8-11/h4-8,10,12,17H,9,15H2,1-3H3,(H,16,18)/t10?,12-/m1/s1. The number of rotatable bonds is 5. The Labute approximate surface area is 108 Å². The number of nitrogens with one attached hydrogen (secondary N) is 1. The predicted molar refractivity (Wildman–Crippen MR) is 72.0 cm³/mol. The Kier molecular flexibility index (Phi) is 4.87. The highest BCUT2D eigenvalue weighted by Gasteiger charge is 2.28. The van der Waals surface area contributed by atoms with Gasteiger partial charge in [0.1, 0.15) is 0 Å². The summed E-state index contributed by atoms with van der Waals surface area (Å²) in [5.41, 5.74) is 6.21. The maximum atomic E-state index is 11.9. The van der Waals surface area contributed by atoms with Gasteiger partial charge < -0.3 is 16.2 Å². The maximum absolute atomic E-state index is 11.9. The van der Waals surface area contributed by atoms with Gasteiger partial charge in [0, 0.05) is 0 Å². The molecule has 18 heavy (non-hydrogen) atoms. The Morgan fingerprint density at radius 2 is 1.94 bits per heavy atom. The van der Waals surface area contributed by atoms with Gasteiger partial charge in [-0.2, -0.15) is 0 Å². The SMILES string of the molecule is CC(O)C(C)(C)NC(=O)[C@H](N)Cc1ccccc1. The minimum Gasteiger partial charge on any atom is -0.391 e. The van der Waals surface area contributed by atoms with Gasteiger partial charge in [0.15, 0.2) is 0 Å². The first-order valence-electron chi connectivity index (χ1n) is 6.12. The average Bonchev–Trinajstić information content (AvgIpc) is 2.29. The lowest BCUT2D eigenvalue weighted by atomic mass is 9.97. The van der Waals surface area contributed by atoms with Gasteiger partial charge >= 0.3 is 0 Å². The zero-order valence-electron chi connectivity index (χ0n) is 11.2. The Morgan fingerprint density at radius 3 is 2.44 bits per heavy atom. The minimum absolute atomic E-state index is 0.246. The molecule has 1 amide bonds. The minimum atomic E-state index is -0.675. The van der Waals surface area contributed by atoms with Gasteiger partial charge in [0.05, 0.1) is 17.7 Å². The molecule has 0 bridgehead atoms. The maximum Gasteiger partial charge on any atom is 0.237 e. The number of hydrogen-bond donors (Lipinski definition) is 3. The highest BCUT2D eigenvalue weighted by molar-refractivity contribution is 5.82. The molecule has 0 saturated carbocycles. The number of benzene rings is 1. The number of aliphatic hydroxyl groups excluding tert-OH is 1. The largest absolute Gasteiger partial charge is 0.391 e. The lowest BCUT2D eigenvalue weighted by Gasteiger charge is -2.30. The van der Waals surface area contributed by atoms with E-state index in [4.69, 9.17) is 5.73 Å². The highest BCUT2D eigenvalue weighted by Crippen LogP contribution is 2.09. The first kappa shape index (κ1) is 14.7. The van der Waals surface area contributed by atoms with Gasteiger partial charge in [0.2, 0.25) is 5.91 Å². The molecule has 1 unspecified atom stereocenters. The van der Waals surface area contributed by atoms with Crippen LogP contribution in [0, 0.1) is 0 Å². The van der Waals surface area contributed by atoms with Crippen molar-refractivity contribution in [2.75, 3.05) is 0 Å². The second kappa shape index (κ2) is 5.98. The van der Waals surface area contributed by atoms with Crippen molar-refractivity contribution in [1.29, 1.82) is 0 Å². The molecule has 4 heteroatoms. The molecule has 100 valence electrons. The third-order valence-corrected chi connectivity index (χ3v) is 3.13. The van der Waals surface area contributed by atoms with E-state index in [0.717, 1.165) is 5.56 Å². The van der Waals surface area contributed by atoms with Gasteiger partial charge in [-0.3, -0.25) is 4.79 Å². The topological polar surface area (TPSA) is 75.3 Å². The van der Waals surface area contributed by atoms with Crippen molar-refractivity contribution < 1.29 is 9.90 Å². The van der Waals surface area contributed by atoms with Crippen molar-refractivity contribution in [3.8, 4) is 0 Å². The van der Waals surface area contributed by atoms with E-state index < -0.39 is 17.7 Å². The third-order valence-electron chi connectivity index (χ3n) is 3.13. The molecule has 0 heterocycles. The van der Waals surface area contributed by atoms with Gasteiger partial charge in [-0.15, -0.1) is 0 Å². The predicted octanol–water partition coefficient (Wildman–Crippen LogP) is 0.832. The lowest BCUT2D eigenvalue weighted by Crippen LogP contribution is -2.55. The first-order chi connectivity index (χ1) is 8.33. The summed E-state index contributed by atoms with van der Waals surface area (Å²) in [5, 5.41) is 12.3. The number of hydrogen-bond acceptors (Lipinski definition) is 3. The van der Waals surface area contributed by atoms with E-state index in [1.165, 1.54) is 0 Å². The van der Waals surface area contributed by atoms with Crippen LogP contribution < -0.4 is 11.1 Å². The normalized spacial score (nSPS) is 14.9. The van der Waals surface area contributed by atoms with E-state index in [2.05, 4.69) is 5.32 Å². The van der Waals surface area contributed by atoms with Crippen molar-refractivity contribution >= 4 is 5.91 Å². The molecule has 0 aliphatic rings. The fraction of sp³-hybridized carbons (Fsp3) is 0.500. The van der Waals surface area contributed by atoms with Gasteiger partial charge in [-0.25, -0.2) is 0 Å². The number of nitrogens with two attached hydrogens (primary N) is 1. The molecule has 0 radical (unpaired) electrons. The Bertz CT molecular complexity index is 388. The average molecular weight is 250 g/mol. The zero-order chi connectivity index (χ0) is 13.8. The van der Waals surface area contributed by atoms with E-state index >= 15 is 0 Å². The van der Waals surface area contributed by atoms with Crippen LogP contribution in [0.3, 0.4) is 0 Å². The van der Waals surface area contributed by atoms with Crippen LogP contribution in [0.25, 0.3) is 0 Å². The fourth-order valence-corrected chi connectivity index (χ4v) is 1.48. The van der Waals surface area contributed by atoms with Crippen molar-refractivity contribution in [2.24, 2.45) is 5.73 Å². The van der Waals surface area contributed by atoms with Crippen LogP contribution >= 0.6 is 0 Å². The summed E-state index contributed by atoms with van der Waals surface area (Å²) >= 11 is 0. The molecule has 0 saturated heterocycles. The molecule has 0 spiro atoms. The summed E-state index contributed by atoms with van der Waals surface area (Å²) in [6, 6.07) is 9.02. The summed E-state index contributed by atoms with van der Waals surface area (Å²) in [6.45, 7) is 5.18. The Hall–Kier alpha value is -1.39. The van der Waals surface area contributed by atoms with E-state index in [1.54, 1.807) is 20.8 Å². The van der Waals surface area contributed by atoms with Crippen molar-refractivity contribution in [1.82, 2.24) is 5.32 Å². The molecule has 0 aromatic heterocycles. The molecule has 1 rings (SSSR count). The molecular formula is C14H22N2O2. The monoisotopic (exact) mass is 250 g/mol. The smallest absolute Gasteiger partial charge is 0.237 e. The van der Waals surface area contributed by atoms with E-state index in [0.29, 0.717) is 6.42 Å². The van der Waals surface area contributed by atoms with Crippen LogP contribution in [0.4, 0.5) is 0 Å². The molecular weight excluding hydrogens is 228 g/mol. The number of amides is 1. The molecule has 4 N–H and O–H groups in total. The second-order valence-electron chi connectivity index (χ2n) is 5.18. The summed E-state index contributed by atoms with van der Waals surface area (Å²) in [7, 11) is 0. The lowest BCUT2D eigenvalue weighted by molar-refractivity contribution is -0.125. The van der Waals surface area contributed by atoms with E-state index in [-0.39, 0.29) is 5.91 Å². The van der Waals surface area contributed by atoms with Crippen LogP contribution in [0.1, 0.15) is 26.3 Å².